The first-order valence-corrected chi connectivity index (χ1v) is 20.1. The van der Waals surface area contributed by atoms with Gasteiger partial charge in [-0.3, -0.25) is 0 Å². The van der Waals surface area contributed by atoms with E-state index in [4.69, 9.17) is 19.7 Å². The summed E-state index contributed by atoms with van der Waals surface area (Å²) in [4.78, 5) is 16.0. The second kappa shape index (κ2) is 13.1. The molecule has 3 heterocycles. The first-order chi connectivity index (χ1) is 28.7. The SMILES string of the molecule is C1=CC2Oc3c(cc(-c4nc(-c5cccc(-c6ccccc6)c5)nc(-c5cccc6ccccc56)n4)cc3-n3c4ccccc4c4cc5ccccc5cc43)C2CC1. The number of aromatic nitrogens is 4. The molecule has 0 saturated carbocycles. The highest BCUT2D eigenvalue weighted by atomic mass is 16.5. The van der Waals surface area contributed by atoms with Gasteiger partial charge in [-0.05, 0) is 88.0 Å². The van der Waals surface area contributed by atoms with E-state index in [9.17, 15) is 0 Å². The molecule has 0 amide bonds. The third-order valence-electron chi connectivity index (χ3n) is 12.1. The molecule has 274 valence electrons. The maximum atomic E-state index is 6.97. The van der Waals surface area contributed by atoms with Crippen molar-refractivity contribution in [2.45, 2.75) is 24.9 Å². The lowest BCUT2D eigenvalue weighted by molar-refractivity contribution is 0.244. The van der Waals surface area contributed by atoms with Crippen molar-refractivity contribution in [1.82, 2.24) is 19.5 Å². The van der Waals surface area contributed by atoms with Gasteiger partial charge in [-0.1, -0.05) is 140 Å². The molecule has 0 spiro atoms. The maximum Gasteiger partial charge on any atom is 0.164 e. The number of ether oxygens (including phenoxy) is 1. The molecule has 8 aromatic carbocycles. The number of para-hydroxylation sites is 1. The van der Waals surface area contributed by atoms with E-state index in [0.717, 1.165) is 73.9 Å². The summed E-state index contributed by atoms with van der Waals surface area (Å²) in [5, 5.41) is 7.08. The topological polar surface area (TPSA) is 52.8 Å². The minimum atomic E-state index is -0.0208. The third kappa shape index (κ3) is 5.27. The van der Waals surface area contributed by atoms with Gasteiger partial charge in [-0.2, -0.15) is 0 Å². The number of fused-ring (bicyclic) bond motifs is 8. The van der Waals surface area contributed by atoms with Gasteiger partial charge in [0.15, 0.2) is 17.5 Å². The molecule has 58 heavy (non-hydrogen) atoms. The van der Waals surface area contributed by atoms with Gasteiger partial charge in [0.25, 0.3) is 0 Å². The Balaban J connectivity index is 1.14. The van der Waals surface area contributed by atoms with Crippen molar-refractivity contribution < 1.29 is 4.74 Å². The van der Waals surface area contributed by atoms with Crippen LogP contribution in [-0.4, -0.2) is 25.6 Å². The van der Waals surface area contributed by atoms with E-state index in [0.29, 0.717) is 17.5 Å². The van der Waals surface area contributed by atoms with Gasteiger partial charge in [0.2, 0.25) is 0 Å². The van der Waals surface area contributed by atoms with Gasteiger partial charge >= 0.3 is 0 Å². The predicted octanol–water partition coefficient (Wildman–Crippen LogP) is 13.1. The number of benzene rings is 8. The second-order valence-electron chi connectivity index (χ2n) is 15.5. The van der Waals surface area contributed by atoms with Crippen LogP contribution in [-0.2, 0) is 0 Å². The summed E-state index contributed by atoms with van der Waals surface area (Å²) < 4.78 is 9.37. The lowest BCUT2D eigenvalue weighted by Gasteiger charge is -2.18. The number of hydrogen-bond acceptors (Lipinski definition) is 4. The Kier molecular flexibility index (Phi) is 7.42. The molecular formula is C53H36N4O. The van der Waals surface area contributed by atoms with Crippen molar-refractivity contribution in [2.75, 3.05) is 0 Å². The van der Waals surface area contributed by atoms with Crippen LogP contribution in [0.15, 0.2) is 182 Å². The lowest BCUT2D eigenvalue weighted by atomic mass is 9.86. The zero-order valence-corrected chi connectivity index (χ0v) is 31.6. The van der Waals surface area contributed by atoms with Gasteiger partial charge in [0, 0.05) is 38.9 Å². The molecule has 2 atom stereocenters. The van der Waals surface area contributed by atoms with Crippen LogP contribution in [0.4, 0.5) is 0 Å². The van der Waals surface area contributed by atoms with Crippen molar-refractivity contribution in [2.24, 2.45) is 0 Å². The molecule has 5 nitrogen and oxygen atoms in total. The average Bonchev–Trinajstić information content (AvgIpc) is 3.83. The largest absolute Gasteiger partial charge is 0.483 e. The summed E-state index contributed by atoms with van der Waals surface area (Å²) in [6.45, 7) is 0. The molecule has 0 fully saturated rings. The van der Waals surface area contributed by atoms with Crippen LogP contribution in [0.1, 0.15) is 24.3 Å². The molecule has 1 aliphatic heterocycles. The lowest BCUT2D eigenvalue weighted by Crippen LogP contribution is -2.18. The fourth-order valence-corrected chi connectivity index (χ4v) is 9.29. The monoisotopic (exact) mass is 744 g/mol. The Labute approximate surface area is 335 Å². The van der Waals surface area contributed by atoms with Crippen LogP contribution in [0, 0.1) is 0 Å². The molecule has 1 aliphatic carbocycles. The van der Waals surface area contributed by atoms with Crippen LogP contribution in [0.25, 0.3) is 94.3 Å². The van der Waals surface area contributed by atoms with Crippen molar-refractivity contribution in [3.05, 3.63) is 188 Å². The van der Waals surface area contributed by atoms with Crippen LogP contribution in [0.3, 0.4) is 0 Å². The van der Waals surface area contributed by atoms with Crippen LogP contribution < -0.4 is 4.74 Å². The summed E-state index contributed by atoms with van der Waals surface area (Å²) >= 11 is 0. The van der Waals surface area contributed by atoms with Gasteiger partial charge in [0.1, 0.15) is 11.9 Å². The van der Waals surface area contributed by atoms with Gasteiger partial charge in [-0.25, -0.2) is 15.0 Å². The van der Waals surface area contributed by atoms with Crippen LogP contribution in [0.2, 0.25) is 0 Å². The predicted molar refractivity (Wildman–Crippen MR) is 236 cm³/mol. The number of nitrogens with zero attached hydrogens (tertiary/aromatic N) is 4. The Morgan fingerprint density at radius 3 is 2.03 bits per heavy atom. The van der Waals surface area contributed by atoms with Gasteiger partial charge < -0.3 is 9.30 Å². The van der Waals surface area contributed by atoms with Crippen LogP contribution in [0.5, 0.6) is 5.75 Å². The fraction of sp³-hybridized carbons (Fsp3) is 0.0755. The van der Waals surface area contributed by atoms with E-state index in [-0.39, 0.29) is 12.0 Å². The minimum Gasteiger partial charge on any atom is -0.483 e. The van der Waals surface area contributed by atoms with E-state index >= 15 is 0 Å². The van der Waals surface area contributed by atoms with Crippen molar-refractivity contribution >= 4 is 43.4 Å². The molecular weight excluding hydrogens is 709 g/mol. The fourth-order valence-electron chi connectivity index (χ4n) is 9.29. The zero-order chi connectivity index (χ0) is 38.2. The Morgan fingerprint density at radius 1 is 0.483 bits per heavy atom. The minimum absolute atomic E-state index is 0.0208. The summed E-state index contributed by atoms with van der Waals surface area (Å²) in [7, 11) is 0. The summed E-state index contributed by atoms with van der Waals surface area (Å²) in [6, 6.07) is 60.3. The van der Waals surface area contributed by atoms with Crippen molar-refractivity contribution in [3.8, 4) is 56.7 Å². The molecule has 0 radical (unpaired) electrons. The van der Waals surface area contributed by atoms with Crippen molar-refractivity contribution in [3.63, 3.8) is 0 Å². The third-order valence-corrected chi connectivity index (χ3v) is 12.1. The zero-order valence-electron chi connectivity index (χ0n) is 31.6. The smallest absolute Gasteiger partial charge is 0.164 e. The first kappa shape index (κ1) is 32.8. The maximum absolute atomic E-state index is 6.97. The Morgan fingerprint density at radius 2 is 1.16 bits per heavy atom. The van der Waals surface area contributed by atoms with Gasteiger partial charge in [0.05, 0.1) is 16.7 Å². The summed E-state index contributed by atoms with van der Waals surface area (Å²) in [5.41, 5.74) is 9.56. The molecule has 0 saturated heterocycles. The standard InChI is InChI=1S/C53H36N4O/c1-2-14-33(15-3-1)35-20-12-21-38(28-35)51-54-52(56-53(55-51)43-25-13-19-34-16-6-7-22-40(34)43)39-30-45-42-24-9-11-27-49(42)58-50(45)48(32-39)57-46-26-10-8-23-41(46)44-29-36-17-4-5-18-37(36)31-47(44)57/h1-8,10-23,25-32,42,49H,9,24H2. The second-order valence-corrected chi connectivity index (χ2v) is 15.5. The molecule has 5 heteroatoms. The molecule has 0 bridgehead atoms. The molecule has 12 rings (SSSR count). The quantitative estimate of drug-likeness (QED) is 0.165. The molecule has 2 aliphatic rings. The number of hydrogen-bond donors (Lipinski definition) is 0. The van der Waals surface area contributed by atoms with E-state index in [1.54, 1.807) is 0 Å². The van der Waals surface area contributed by atoms with E-state index in [1.165, 1.54) is 27.1 Å². The molecule has 2 unspecified atom stereocenters. The first-order valence-electron chi connectivity index (χ1n) is 20.1. The Hall–Kier alpha value is -7.37. The molecule has 10 aromatic rings. The number of rotatable bonds is 5. The van der Waals surface area contributed by atoms with Crippen molar-refractivity contribution in [1.29, 1.82) is 0 Å². The normalized spacial score (nSPS) is 15.9. The highest BCUT2D eigenvalue weighted by Gasteiger charge is 2.37. The van der Waals surface area contributed by atoms with E-state index < -0.39 is 0 Å². The number of allylic oxidation sites excluding steroid dienone is 1. The van der Waals surface area contributed by atoms with E-state index in [1.807, 2.05) is 6.07 Å². The average molecular weight is 745 g/mol. The summed E-state index contributed by atoms with van der Waals surface area (Å²) in [6.07, 6.45) is 6.52. The molecule has 2 aromatic heterocycles. The van der Waals surface area contributed by atoms with Gasteiger partial charge in [-0.15, -0.1) is 0 Å². The molecule has 0 N–H and O–H groups in total. The van der Waals surface area contributed by atoms with E-state index in [2.05, 4.69) is 181 Å². The Bertz CT molecular complexity index is 3290. The summed E-state index contributed by atoms with van der Waals surface area (Å²) in [5.74, 6) is 3.06. The highest BCUT2D eigenvalue weighted by molar-refractivity contribution is 6.14. The highest BCUT2D eigenvalue weighted by Crippen LogP contribution is 2.50. The van der Waals surface area contributed by atoms with Crippen LogP contribution >= 0.6 is 0 Å².